The van der Waals surface area contributed by atoms with Crippen LogP contribution in [0.3, 0.4) is 0 Å². The fraction of sp³-hybridized carbons (Fsp3) is 0.625. The predicted molar refractivity (Wildman–Crippen MR) is 65.0 cm³/mol. The number of nitrogens with zero attached hydrogens (tertiary/aromatic N) is 1. The largest absolute Gasteiger partial charge is 0.392 e. The van der Waals surface area contributed by atoms with Crippen molar-refractivity contribution in [1.29, 1.82) is 0 Å². The van der Waals surface area contributed by atoms with Crippen molar-refractivity contribution in [2.75, 3.05) is 31.1 Å². The summed E-state index contributed by atoms with van der Waals surface area (Å²) in [5.74, 6) is -1.80. The van der Waals surface area contributed by atoms with E-state index in [2.05, 4.69) is 17.5 Å². The second kappa shape index (κ2) is 5.41. The van der Waals surface area contributed by atoms with Crippen molar-refractivity contribution >= 4 is 38.9 Å². The smallest absolute Gasteiger partial charge is 0.311 e. The minimum absolute atomic E-state index is 0.0433. The van der Waals surface area contributed by atoms with Gasteiger partial charge in [-0.2, -0.15) is 0 Å². The molecule has 0 atom stereocenters. The van der Waals surface area contributed by atoms with Gasteiger partial charge in [0.1, 0.15) is 0 Å². The van der Waals surface area contributed by atoms with E-state index in [9.17, 15) is 18.0 Å². The summed E-state index contributed by atoms with van der Waals surface area (Å²) in [6.07, 6.45) is 0. The molecule has 0 unspecified atom stereocenters. The van der Waals surface area contributed by atoms with Crippen LogP contribution in [0.2, 0.25) is 0 Å². The molecule has 0 bridgehead atoms. The molecule has 2 amide bonds. The van der Waals surface area contributed by atoms with E-state index in [0.29, 0.717) is 0 Å². The molecule has 1 heterocycles. The standard InChI is InChI=1S/C8H13N3O4S2/c9-6(16)5-10-7(12)8(13)11-1-3-17(14,15)4-2-11/h1-5H2,(H2,9,16)(H,10,12). The van der Waals surface area contributed by atoms with Crippen molar-refractivity contribution < 1.29 is 18.0 Å². The monoisotopic (exact) mass is 279 g/mol. The average Bonchev–Trinajstić information content (AvgIpc) is 2.25. The maximum atomic E-state index is 11.6. The molecular formula is C8H13N3O4S2. The van der Waals surface area contributed by atoms with Crippen LogP contribution in [0, 0.1) is 0 Å². The first-order chi connectivity index (χ1) is 7.82. The SMILES string of the molecule is NC(=S)CNC(=O)C(=O)N1CCS(=O)(=O)CC1. The number of hydrogen-bond acceptors (Lipinski definition) is 5. The Morgan fingerprint density at radius 2 is 1.82 bits per heavy atom. The lowest BCUT2D eigenvalue weighted by Crippen LogP contribution is -2.50. The highest BCUT2D eigenvalue weighted by atomic mass is 32.2. The van der Waals surface area contributed by atoms with Crippen LogP contribution in [0.25, 0.3) is 0 Å². The second-order valence-corrected chi connectivity index (χ2v) is 6.42. The Bertz CT molecular complexity index is 432. The lowest BCUT2D eigenvalue weighted by molar-refractivity contribution is -0.145. The van der Waals surface area contributed by atoms with Gasteiger partial charge in [0.25, 0.3) is 0 Å². The Hall–Kier alpha value is -1.22. The molecule has 1 rings (SSSR count). The normalized spacial score (nSPS) is 18.5. The first kappa shape index (κ1) is 13.8. The van der Waals surface area contributed by atoms with Gasteiger partial charge in [0, 0.05) is 13.1 Å². The quantitative estimate of drug-likeness (QED) is 0.432. The van der Waals surface area contributed by atoms with Crippen LogP contribution in [0.15, 0.2) is 0 Å². The first-order valence-electron chi connectivity index (χ1n) is 4.87. The number of rotatable bonds is 2. The van der Waals surface area contributed by atoms with Crippen molar-refractivity contribution in [1.82, 2.24) is 10.2 Å². The molecule has 3 N–H and O–H groups in total. The third kappa shape index (κ3) is 4.27. The maximum Gasteiger partial charge on any atom is 0.311 e. The molecule has 7 nitrogen and oxygen atoms in total. The molecule has 1 aliphatic rings. The van der Waals surface area contributed by atoms with Crippen LogP contribution in [0.4, 0.5) is 0 Å². The molecule has 1 fully saturated rings. The van der Waals surface area contributed by atoms with Gasteiger partial charge in [-0.15, -0.1) is 0 Å². The molecule has 0 radical (unpaired) electrons. The lowest BCUT2D eigenvalue weighted by atomic mass is 10.4. The topological polar surface area (TPSA) is 110 Å². The molecular weight excluding hydrogens is 266 g/mol. The molecule has 0 saturated carbocycles. The molecule has 0 spiro atoms. The summed E-state index contributed by atoms with van der Waals surface area (Å²) in [5, 5.41) is 2.25. The number of thiocarbonyl (C=S) groups is 1. The summed E-state index contributed by atoms with van der Waals surface area (Å²) in [5.41, 5.74) is 5.17. The summed E-state index contributed by atoms with van der Waals surface area (Å²) >= 11 is 4.55. The second-order valence-electron chi connectivity index (χ2n) is 3.59. The number of hydrogen-bond donors (Lipinski definition) is 2. The van der Waals surface area contributed by atoms with Crippen molar-refractivity contribution in [3.63, 3.8) is 0 Å². The number of carbonyl (C=O) groups excluding carboxylic acids is 2. The van der Waals surface area contributed by atoms with Gasteiger partial charge in [-0.25, -0.2) is 8.42 Å². The zero-order valence-electron chi connectivity index (χ0n) is 9.01. The van der Waals surface area contributed by atoms with E-state index < -0.39 is 21.7 Å². The van der Waals surface area contributed by atoms with Crippen LogP contribution in [0.5, 0.6) is 0 Å². The molecule has 1 saturated heterocycles. The van der Waals surface area contributed by atoms with Gasteiger partial charge in [-0.1, -0.05) is 12.2 Å². The molecule has 0 aliphatic carbocycles. The van der Waals surface area contributed by atoms with E-state index in [4.69, 9.17) is 5.73 Å². The minimum Gasteiger partial charge on any atom is -0.392 e. The average molecular weight is 279 g/mol. The summed E-state index contributed by atoms with van der Waals surface area (Å²) < 4.78 is 22.3. The Kier molecular flexibility index (Phi) is 4.40. The zero-order valence-corrected chi connectivity index (χ0v) is 10.6. The van der Waals surface area contributed by atoms with Crippen molar-refractivity contribution in [3.8, 4) is 0 Å². The zero-order chi connectivity index (χ0) is 13.1. The number of nitrogens with two attached hydrogens (primary N) is 1. The van der Waals surface area contributed by atoms with E-state index in [1.54, 1.807) is 0 Å². The third-order valence-electron chi connectivity index (χ3n) is 2.25. The van der Waals surface area contributed by atoms with Gasteiger partial charge in [-0.05, 0) is 0 Å². The number of sulfone groups is 1. The van der Waals surface area contributed by atoms with Crippen LogP contribution in [0.1, 0.15) is 0 Å². The predicted octanol–water partition coefficient (Wildman–Crippen LogP) is -2.35. The maximum absolute atomic E-state index is 11.6. The highest BCUT2D eigenvalue weighted by Gasteiger charge is 2.28. The summed E-state index contributed by atoms with van der Waals surface area (Å²) in [6, 6.07) is 0. The summed E-state index contributed by atoms with van der Waals surface area (Å²) in [6.45, 7) is 0.0371. The third-order valence-corrected chi connectivity index (χ3v) is 4.00. The summed E-state index contributed by atoms with van der Waals surface area (Å²) in [4.78, 5) is 24.2. The van der Waals surface area contributed by atoms with E-state index in [1.807, 2.05) is 0 Å². The Labute approximate surface area is 104 Å². The van der Waals surface area contributed by atoms with Gasteiger partial charge in [0.15, 0.2) is 9.84 Å². The van der Waals surface area contributed by atoms with Gasteiger partial charge in [0.05, 0.1) is 23.0 Å². The molecule has 0 aromatic heterocycles. The van der Waals surface area contributed by atoms with E-state index in [-0.39, 0.29) is 36.1 Å². The van der Waals surface area contributed by atoms with Gasteiger partial charge in [-0.3, -0.25) is 9.59 Å². The highest BCUT2D eigenvalue weighted by molar-refractivity contribution is 7.91. The van der Waals surface area contributed by atoms with Crippen molar-refractivity contribution in [2.24, 2.45) is 5.73 Å². The summed E-state index contributed by atoms with van der Waals surface area (Å²) in [7, 11) is -3.07. The molecule has 96 valence electrons. The molecule has 0 aromatic carbocycles. The number of carbonyl (C=O) groups is 2. The van der Waals surface area contributed by atoms with Gasteiger partial charge < -0.3 is 16.0 Å². The van der Waals surface area contributed by atoms with E-state index >= 15 is 0 Å². The van der Waals surface area contributed by atoms with Gasteiger partial charge in [0.2, 0.25) is 0 Å². The fourth-order valence-corrected chi connectivity index (χ4v) is 2.58. The van der Waals surface area contributed by atoms with Crippen LogP contribution < -0.4 is 11.1 Å². The van der Waals surface area contributed by atoms with E-state index in [0.717, 1.165) is 0 Å². The van der Waals surface area contributed by atoms with Crippen LogP contribution >= 0.6 is 12.2 Å². The number of amides is 2. The highest BCUT2D eigenvalue weighted by Crippen LogP contribution is 2.03. The van der Waals surface area contributed by atoms with E-state index in [1.165, 1.54) is 4.90 Å². The Morgan fingerprint density at radius 3 is 2.29 bits per heavy atom. The first-order valence-corrected chi connectivity index (χ1v) is 7.10. The minimum atomic E-state index is -3.07. The lowest BCUT2D eigenvalue weighted by Gasteiger charge is -2.25. The van der Waals surface area contributed by atoms with Gasteiger partial charge >= 0.3 is 11.8 Å². The molecule has 9 heteroatoms. The fourth-order valence-electron chi connectivity index (χ4n) is 1.30. The molecule has 17 heavy (non-hydrogen) atoms. The Morgan fingerprint density at radius 1 is 1.29 bits per heavy atom. The number of nitrogens with one attached hydrogen (secondary N) is 1. The molecule has 1 aliphatic heterocycles. The van der Waals surface area contributed by atoms with Crippen molar-refractivity contribution in [3.05, 3.63) is 0 Å². The Balaban J connectivity index is 2.48. The van der Waals surface area contributed by atoms with Crippen LogP contribution in [-0.4, -0.2) is 61.3 Å². The van der Waals surface area contributed by atoms with Crippen LogP contribution in [-0.2, 0) is 19.4 Å². The van der Waals surface area contributed by atoms with Crippen molar-refractivity contribution in [2.45, 2.75) is 0 Å². The molecule has 0 aromatic rings.